The maximum atomic E-state index is 11.8. The molecule has 6 heteroatoms. The van der Waals surface area contributed by atoms with E-state index in [0.717, 1.165) is 6.54 Å². The van der Waals surface area contributed by atoms with E-state index >= 15 is 0 Å². The van der Waals surface area contributed by atoms with E-state index in [2.05, 4.69) is 37.2 Å². The van der Waals surface area contributed by atoms with Crippen molar-refractivity contribution in [2.45, 2.75) is 18.9 Å². The van der Waals surface area contributed by atoms with E-state index in [9.17, 15) is 9.59 Å². The lowest BCUT2D eigenvalue weighted by Gasteiger charge is -2.35. The highest BCUT2D eigenvalue weighted by molar-refractivity contribution is 9.09. The molecule has 1 fully saturated rings. The number of halogens is 2. The number of amides is 1. The molecule has 1 heterocycles. The number of rotatable bonds is 5. The second kappa shape index (κ2) is 7.40. The van der Waals surface area contributed by atoms with Crippen LogP contribution in [0.15, 0.2) is 0 Å². The molecule has 4 nitrogen and oxygen atoms in total. The minimum absolute atomic E-state index is 0.0614. The molecule has 1 aliphatic rings. The van der Waals surface area contributed by atoms with Gasteiger partial charge in [-0.25, -0.2) is 0 Å². The summed E-state index contributed by atoms with van der Waals surface area (Å²) in [6.07, 6.45) is 0.933. The van der Waals surface area contributed by atoms with Gasteiger partial charge in [0.2, 0.25) is 5.91 Å². The Morgan fingerprint density at radius 3 is 2.56 bits per heavy atom. The van der Waals surface area contributed by atoms with E-state index in [1.54, 1.807) is 4.90 Å². The molecule has 1 N–H and O–H groups in total. The molecular weight excluding hydrogens is 340 g/mol. The van der Waals surface area contributed by atoms with Gasteiger partial charge in [-0.05, 0) is 0 Å². The number of carbonyl (C=O) groups excluding carboxylic acids is 2. The third-order valence-electron chi connectivity index (χ3n) is 2.58. The summed E-state index contributed by atoms with van der Waals surface area (Å²) in [4.78, 5) is 25.4. The fourth-order valence-electron chi connectivity index (χ4n) is 1.77. The van der Waals surface area contributed by atoms with Crippen LogP contribution in [0.3, 0.4) is 0 Å². The standard InChI is InChI=1S/C10H16Br2N2O2/c11-3-1-9(15)8-7-13-5-6-14(8)10(16)2-4-12/h8,13H,1-7H2. The van der Waals surface area contributed by atoms with Crippen molar-refractivity contribution in [3.63, 3.8) is 0 Å². The van der Waals surface area contributed by atoms with Gasteiger partial charge >= 0.3 is 0 Å². The van der Waals surface area contributed by atoms with Gasteiger partial charge in [-0.3, -0.25) is 9.59 Å². The zero-order valence-corrected chi connectivity index (χ0v) is 12.2. The van der Waals surface area contributed by atoms with Crippen LogP contribution in [0.5, 0.6) is 0 Å². The van der Waals surface area contributed by atoms with Crippen LogP contribution in [-0.4, -0.2) is 52.9 Å². The highest BCUT2D eigenvalue weighted by Crippen LogP contribution is 2.10. The average Bonchev–Trinajstić information content (AvgIpc) is 2.30. The predicted molar refractivity (Wildman–Crippen MR) is 70.2 cm³/mol. The SMILES string of the molecule is O=C(CCBr)C1CNCCN1C(=O)CCBr. The smallest absolute Gasteiger partial charge is 0.224 e. The normalized spacial score (nSPS) is 20.9. The van der Waals surface area contributed by atoms with Crippen LogP contribution in [0, 0.1) is 0 Å². The number of hydrogen-bond acceptors (Lipinski definition) is 3. The van der Waals surface area contributed by atoms with Crippen LogP contribution in [0.1, 0.15) is 12.8 Å². The van der Waals surface area contributed by atoms with Gasteiger partial charge in [-0.2, -0.15) is 0 Å². The molecule has 1 aliphatic heterocycles. The molecule has 0 aromatic rings. The van der Waals surface area contributed by atoms with Gasteiger partial charge in [0, 0.05) is 43.1 Å². The minimum Gasteiger partial charge on any atom is -0.330 e. The number of alkyl halides is 2. The number of carbonyl (C=O) groups is 2. The van der Waals surface area contributed by atoms with Gasteiger partial charge < -0.3 is 10.2 Å². The quantitative estimate of drug-likeness (QED) is 0.746. The summed E-state index contributed by atoms with van der Waals surface area (Å²) in [5.74, 6) is 0.193. The summed E-state index contributed by atoms with van der Waals surface area (Å²) in [5, 5.41) is 4.46. The van der Waals surface area contributed by atoms with Gasteiger partial charge in [-0.15, -0.1) is 0 Å². The third-order valence-corrected chi connectivity index (χ3v) is 3.38. The van der Waals surface area contributed by atoms with Crippen LogP contribution < -0.4 is 5.32 Å². The summed E-state index contributed by atoms with van der Waals surface area (Å²) < 4.78 is 0. The number of Topliss-reactive ketones (excluding diaryl/α,β-unsaturated/α-hetero) is 1. The average molecular weight is 356 g/mol. The summed E-state index contributed by atoms with van der Waals surface area (Å²) in [6, 6.07) is -0.280. The maximum Gasteiger partial charge on any atom is 0.224 e. The van der Waals surface area contributed by atoms with E-state index in [1.165, 1.54) is 0 Å². The molecule has 1 rings (SSSR count). The number of nitrogens with zero attached hydrogens (tertiary/aromatic N) is 1. The first-order valence-electron chi connectivity index (χ1n) is 5.35. The van der Waals surface area contributed by atoms with Gasteiger partial charge in [0.25, 0.3) is 0 Å². The lowest BCUT2D eigenvalue weighted by Crippen LogP contribution is -2.57. The van der Waals surface area contributed by atoms with E-state index < -0.39 is 0 Å². The molecule has 0 bridgehead atoms. The van der Waals surface area contributed by atoms with Gasteiger partial charge in [-0.1, -0.05) is 31.9 Å². The van der Waals surface area contributed by atoms with E-state index in [4.69, 9.17) is 0 Å². The molecule has 1 amide bonds. The Kier molecular flexibility index (Phi) is 6.53. The molecule has 0 aliphatic carbocycles. The molecule has 1 saturated heterocycles. The molecule has 92 valence electrons. The Labute approximate surface area is 112 Å². The number of ketones is 1. The number of nitrogens with one attached hydrogen (secondary N) is 1. The summed E-state index contributed by atoms with van der Waals surface area (Å²) in [6.45, 7) is 1.98. The maximum absolute atomic E-state index is 11.8. The van der Waals surface area contributed by atoms with Crippen molar-refractivity contribution in [1.29, 1.82) is 0 Å². The Morgan fingerprint density at radius 1 is 1.25 bits per heavy atom. The second-order valence-electron chi connectivity index (χ2n) is 3.65. The molecule has 0 spiro atoms. The molecule has 0 saturated carbocycles. The van der Waals surface area contributed by atoms with Crippen molar-refractivity contribution < 1.29 is 9.59 Å². The summed E-state index contributed by atoms with van der Waals surface area (Å²) in [7, 11) is 0. The minimum atomic E-state index is -0.280. The first-order valence-corrected chi connectivity index (χ1v) is 7.59. The lowest BCUT2D eigenvalue weighted by atomic mass is 10.1. The molecule has 1 unspecified atom stereocenters. The zero-order valence-electron chi connectivity index (χ0n) is 9.05. The first kappa shape index (κ1) is 14.1. The van der Waals surface area contributed by atoms with Crippen LogP contribution in [0.4, 0.5) is 0 Å². The Morgan fingerprint density at radius 2 is 1.94 bits per heavy atom. The third kappa shape index (κ3) is 3.82. The predicted octanol–water partition coefficient (Wildman–Crippen LogP) is 0.926. The highest BCUT2D eigenvalue weighted by atomic mass is 79.9. The van der Waals surface area contributed by atoms with E-state index in [1.807, 2.05) is 0 Å². The zero-order chi connectivity index (χ0) is 12.0. The molecule has 0 aromatic carbocycles. The Balaban J connectivity index is 2.63. The van der Waals surface area contributed by atoms with E-state index in [-0.39, 0.29) is 17.7 Å². The molecule has 1 atom stereocenters. The van der Waals surface area contributed by atoms with Crippen LogP contribution >= 0.6 is 31.9 Å². The lowest BCUT2D eigenvalue weighted by molar-refractivity contribution is -0.140. The van der Waals surface area contributed by atoms with Crippen molar-refractivity contribution in [2.24, 2.45) is 0 Å². The van der Waals surface area contributed by atoms with Crippen molar-refractivity contribution in [2.75, 3.05) is 30.3 Å². The highest BCUT2D eigenvalue weighted by Gasteiger charge is 2.30. The van der Waals surface area contributed by atoms with Crippen molar-refractivity contribution in [3.8, 4) is 0 Å². The summed E-state index contributed by atoms with van der Waals surface area (Å²) >= 11 is 6.50. The van der Waals surface area contributed by atoms with Crippen LogP contribution in [-0.2, 0) is 9.59 Å². The van der Waals surface area contributed by atoms with Gasteiger partial charge in [0.1, 0.15) is 6.04 Å². The van der Waals surface area contributed by atoms with E-state index in [0.29, 0.717) is 36.6 Å². The van der Waals surface area contributed by atoms with Crippen LogP contribution in [0.2, 0.25) is 0 Å². The topological polar surface area (TPSA) is 49.4 Å². The van der Waals surface area contributed by atoms with Crippen molar-refractivity contribution in [1.82, 2.24) is 10.2 Å². The second-order valence-corrected chi connectivity index (χ2v) is 5.24. The van der Waals surface area contributed by atoms with Crippen molar-refractivity contribution in [3.05, 3.63) is 0 Å². The monoisotopic (exact) mass is 354 g/mol. The van der Waals surface area contributed by atoms with Crippen molar-refractivity contribution >= 4 is 43.6 Å². The molecule has 16 heavy (non-hydrogen) atoms. The first-order chi connectivity index (χ1) is 7.70. The fraction of sp³-hybridized carbons (Fsp3) is 0.800. The number of hydrogen-bond donors (Lipinski definition) is 1. The van der Waals surface area contributed by atoms with Gasteiger partial charge in [0.15, 0.2) is 5.78 Å². The molecule has 0 radical (unpaired) electrons. The Bertz CT molecular complexity index is 235. The largest absolute Gasteiger partial charge is 0.330 e. The summed E-state index contributed by atoms with van der Waals surface area (Å²) in [5.41, 5.74) is 0. The number of piperazine rings is 1. The van der Waals surface area contributed by atoms with Gasteiger partial charge in [0.05, 0.1) is 0 Å². The van der Waals surface area contributed by atoms with Crippen LogP contribution in [0.25, 0.3) is 0 Å². The molecular formula is C10H16Br2N2O2. The fourth-order valence-corrected chi connectivity index (χ4v) is 2.50. The molecule has 0 aromatic heterocycles. The Hall–Kier alpha value is 0.0600.